The summed E-state index contributed by atoms with van der Waals surface area (Å²) >= 11 is 0. The molecule has 0 bridgehead atoms. The van der Waals surface area contributed by atoms with E-state index in [1.165, 1.54) is 12.1 Å². The first-order valence-electron chi connectivity index (χ1n) is 7.07. The second-order valence-electron chi connectivity index (χ2n) is 5.24. The third kappa shape index (κ3) is 2.71. The average molecular weight is 294 g/mol. The van der Waals surface area contributed by atoms with Gasteiger partial charge in [0, 0.05) is 11.6 Å². The Morgan fingerprint density at radius 1 is 1.14 bits per heavy atom. The van der Waals surface area contributed by atoms with E-state index in [-0.39, 0.29) is 11.7 Å². The van der Waals surface area contributed by atoms with E-state index in [9.17, 15) is 9.65 Å². The van der Waals surface area contributed by atoms with E-state index in [0.29, 0.717) is 6.42 Å². The lowest BCUT2D eigenvalue weighted by Gasteiger charge is -2.13. The van der Waals surface area contributed by atoms with Gasteiger partial charge in [-0.2, -0.15) is 5.26 Å². The fourth-order valence-corrected chi connectivity index (χ4v) is 2.74. The molecule has 0 unspecified atom stereocenters. The Morgan fingerprint density at radius 3 is 2.41 bits per heavy atom. The summed E-state index contributed by atoms with van der Waals surface area (Å²) in [6, 6.07) is 15.8. The van der Waals surface area contributed by atoms with Crippen LogP contribution in [0, 0.1) is 17.1 Å². The SMILES string of the molecule is COc1ccc([C@H]2CC(c3ccc(F)cc3)=N[C@@H]2C#N)cc1. The van der Waals surface area contributed by atoms with Gasteiger partial charge in [0.05, 0.1) is 13.2 Å². The molecule has 0 saturated carbocycles. The molecule has 0 spiro atoms. The Morgan fingerprint density at radius 2 is 1.82 bits per heavy atom. The molecular weight excluding hydrogens is 279 g/mol. The summed E-state index contributed by atoms with van der Waals surface area (Å²) in [6.07, 6.45) is 0.677. The lowest BCUT2D eigenvalue weighted by atomic mass is 9.89. The molecule has 3 nitrogen and oxygen atoms in total. The van der Waals surface area contributed by atoms with Crippen LogP contribution in [0.4, 0.5) is 4.39 Å². The zero-order valence-electron chi connectivity index (χ0n) is 12.2. The predicted molar refractivity (Wildman–Crippen MR) is 82.7 cm³/mol. The molecule has 2 aromatic carbocycles. The third-order valence-electron chi connectivity index (χ3n) is 3.94. The first-order valence-corrected chi connectivity index (χ1v) is 7.07. The highest BCUT2D eigenvalue weighted by Gasteiger charge is 2.31. The number of aliphatic imine (C=N–C) groups is 1. The predicted octanol–water partition coefficient (Wildman–Crippen LogP) is 3.70. The Kier molecular flexibility index (Phi) is 3.88. The first kappa shape index (κ1) is 14.3. The quantitative estimate of drug-likeness (QED) is 0.866. The van der Waals surface area contributed by atoms with E-state index in [1.54, 1.807) is 19.2 Å². The average Bonchev–Trinajstić information content (AvgIpc) is 3.00. The number of nitrogens with zero attached hydrogens (tertiary/aromatic N) is 2. The number of benzene rings is 2. The van der Waals surface area contributed by atoms with Gasteiger partial charge in [-0.15, -0.1) is 0 Å². The zero-order chi connectivity index (χ0) is 15.5. The largest absolute Gasteiger partial charge is 0.497 e. The standard InChI is InChI=1S/C18H15FN2O/c1-22-15-8-4-12(5-9-15)16-10-17(21-18(16)11-20)13-2-6-14(19)7-3-13/h2-9,16,18H,10H2,1H3/t16-,18-/m1/s1. The fourth-order valence-electron chi connectivity index (χ4n) is 2.74. The molecule has 1 aliphatic heterocycles. The monoisotopic (exact) mass is 294 g/mol. The van der Waals surface area contributed by atoms with Gasteiger partial charge in [-0.25, -0.2) is 4.39 Å². The van der Waals surface area contributed by atoms with Crippen LogP contribution in [0.15, 0.2) is 53.5 Å². The number of nitriles is 1. The maximum absolute atomic E-state index is 13.0. The number of hydrogen-bond acceptors (Lipinski definition) is 3. The van der Waals surface area contributed by atoms with Crippen molar-refractivity contribution < 1.29 is 9.13 Å². The van der Waals surface area contributed by atoms with Crippen molar-refractivity contribution in [2.75, 3.05) is 7.11 Å². The highest BCUT2D eigenvalue weighted by atomic mass is 19.1. The molecular formula is C18H15FN2O. The number of halogens is 1. The summed E-state index contributed by atoms with van der Waals surface area (Å²) in [6.45, 7) is 0. The summed E-state index contributed by atoms with van der Waals surface area (Å²) in [5.41, 5.74) is 2.79. The van der Waals surface area contributed by atoms with Crippen molar-refractivity contribution in [3.8, 4) is 11.8 Å². The molecule has 2 atom stereocenters. The Hall–Kier alpha value is -2.67. The van der Waals surface area contributed by atoms with Crippen molar-refractivity contribution in [2.45, 2.75) is 18.4 Å². The lowest BCUT2D eigenvalue weighted by molar-refractivity contribution is 0.414. The molecule has 0 aliphatic carbocycles. The molecule has 0 N–H and O–H groups in total. The molecule has 0 fully saturated rings. The number of rotatable bonds is 3. The minimum Gasteiger partial charge on any atom is -0.497 e. The lowest BCUT2D eigenvalue weighted by Crippen LogP contribution is -2.10. The topological polar surface area (TPSA) is 45.4 Å². The second kappa shape index (κ2) is 5.98. The van der Waals surface area contributed by atoms with Crippen molar-refractivity contribution in [1.82, 2.24) is 0 Å². The van der Waals surface area contributed by atoms with E-state index >= 15 is 0 Å². The second-order valence-corrected chi connectivity index (χ2v) is 5.24. The molecule has 22 heavy (non-hydrogen) atoms. The van der Waals surface area contributed by atoms with Gasteiger partial charge in [-0.05, 0) is 41.8 Å². The van der Waals surface area contributed by atoms with Gasteiger partial charge >= 0.3 is 0 Å². The van der Waals surface area contributed by atoms with E-state index in [4.69, 9.17) is 4.74 Å². The molecule has 0 amide bonds. The Balaban J connectivity index is 1.86. The smallest absolute Gasteiger partial charge is 0.144 e. The van der Waals surface area contributed by atoms with Crippen molar-refractivity contribution in [3.05, 3.63) is 65.5 Å². The highest BCUT2D eigenvalue weighted by Crippen LogP contribution is 2.34. The fraction of sp³-hybridized carbons (Fsp3) is 0.222. The normalized spacial score (nSPS) is 20.3. The van der Waals surface area contributed by atoms with Crippen molar-refractivity contribution >= 4 is 5.71 Å². The maximum atomic E-state index is 13.0. The van der Waals surface area contributed by atoms with Crippen LogP contribution < -0.4 is 4.74 Å². The van der Waals surface area contributed by atoms with E-state index in [0.717, 1.165) is 22.6 Å². The molecule has 110 valence electrons. The first-order chi connectivity index (χ1) is 10.7. The van der Waals surface area contributed by atoms with Gasteiger partial charge in [-0.3, -0.25) is 4.99 Å². The van der Waals surface area contributed by atoms with E-state index < -0.39 is 6.04 Å². The maximum Gasteiger partial charge on any atom is 0.144 e. The molecule has 2 aromatic rings. The number of ether oxygens (including phenoxy) is 1. The van der Waals surface area contributed by atoms with Gasteiger partial charge < -0.3 is 4.74 Å². The van der Waals surface area contributed by atoms with Crippen LogP contribution in [0.25, 0.3) is 0 Å². The molecule has 1 aliphatic rings. The van der Waals surface area contributed by atoms with Crippen LogP contribution in [-0.2, 0) is 0 Å². The van der Waals surface area contributed by atoms with Crippen LogP contribution in [0.1, 0.15) is 23.5 Å². The van der Waals surface area contributed by atoms with Gasteiger partial charge in [0.1, 0.15) is 17.6 Å². The molecule has 0 aromatic heterocycles. The Labute approximate surface area is 128 Å². The molecule has 0 radical (unpaired) electrons. The van der Waals surface area contributed by atoms with Gasteiger partial charge in [-0.1, -0.05) is 24.3 Å². The van der Waals surface area contributed by atoms with Gasteiger partial charge in [0.15, 0.2) is 0 Å². The van der Waals surface area contributed by atoms with Crippen LogP contribution in [-0.4, -0.2) is 18.9 Å². The molecule has 3 rings (SSSR count). The summed E-state index contributed by atoms with van der Waals surface area (Å²) in [5, 5.41) is 9.37. The van der Waals surface area contributed by atoms with Crippen molar-refractivity contribution in [3.63, 3.8) is 0 Å². The number of methoxy groups -OCH3 is 1. The van der Waals surface area contributed by atoms with Gasteiger partial charge in [0.2, 0.25) is 0 Å². The summed E-state index contributed by atoms with van der Waals surface area (Å²) in [7, 11) is 1.62. The summed E-state index contributed by atoms with van der Waals surface area (Å²) in [4.78, 5) is 4.51. The molecule has 0 saturated heterocycles. The highest BCUT2D eigenvalue weighted by molar-refractivity contribution is 6.02. The minimum atomic E-state index is -0.409. The van der Waals surface area contributed by atoms with Crippen LogP contribution in [0.3, 0.4) is 0 Å². The Bertz CT molecular complexity index is 729. The third-order valence-corrected chi connectivity index (χ3v) is 3.94. The van der Waals surface area contributed by atoms with Crippen LogP contribution in [0.2, 0.25) is 0 Å². The van der Waals surface area contributed by atoms with Crippen molar-refractivity contribution in [2.24, 2.45) is 4.99 Å². The minimum absolute atomic E-state index is 0.0240. The van der Waals surface area contributed by atoms with Gasteiger partial charge in [0.25, 0.3) is 0 Å². The van der Waals surface area contributed by atoms with Crippen LogP contribution >= 0.6 is 0 Å². The molecule has 1 heterocycles. The van der Waals surface area contributed by atoms with Crippen molar-refractivity contribution in [1.29, 1.82) is 5.26 Å². The zero-order valence-corrected chi connectivity index (χ0v) is 12.2. The summed E-state index contributed by atoms with van der Waals surface area (Å²) in [5.74, 6) is 0.539. The molecule has 4 heteroatoms. The number of hydrogen-bond donors (Lipinski definition) is 0. The van der Waals surface area contributed by atoms with E-state index in [2.05, 4.69) is 11.1 Å². The van der Waals surface area contributed by atoms with Crippen LogP contribution in [0.5, 0.6) is 5.75 Å². The van der Waals surface area contributed by atoms with E-state index in [1.807, 2.05) is 24.3 Å². The summed E-state index contributed by atoms with van der Waals surface area (Å²) < 4.78 is 18.2.